The summed E-state index contributed by atoms with van der Waals surface area (Å²) in [5.41, 5.74) is 2.81. The van der Waals surface area contributed by atoms with Crippen LogP contribution in [-0.4, -0.2) is 17.8 Å². The van der Waals surface area contributed by atoms with Gasteiger partial charge < -0.3 is 4.74 Å². The summed E-state index contributed by atoms with van der Waals surface area (Å²) in [5, 5.41) is 3.99. The highest BCUT2D eigenvalue weighted by atomic mass is 16.5. The zero-order valence-corrected chi connectivity index (χ0v) is 9.28. The lowest BCUT2D eigenvalue weighted by atomic mass is 10.3. The van der Waals surface area contributed by atoms with Crippen LogP contribution in [0.1, 0.15) is 0 Å². The highest BCUT2D eigenvalue weighted by molar-refractivity contribution is 5.60. The van der Waals surface area contributed by atoms with Crippen molar-refractivity contribution in [3.05, 3.63) is 54.7 Å². The van der Waals surface area contributed by atoms with Gasteiger partial charge in [0.15, 0.2) is 0 Å². The number of nitrogens with zero attached hydrogens (tertiary/aromatic N) is 2. The largest absolute Gasteiger partial charge is 0.488 e. The number of para-hydroxylation sites is 1. The molecule has 1 N–H and O–H groups in total. The number of hydrogen-bond donors (Lipinski definition) is 1. The maximum Gasteiger partial charge on any atom is 0.146 e. The molecule has 2 rings (SSSR count). The minimum absolute atomic E-state index is 0.420. The topological polar surface area (TPSA) is 46.5 Å². The average Bonchev–Trinajstić information content (AvgIpc) is 2.41. The maximum absolute atomic E-state index is 5.43. The molecule has 17 heavy (non-hydrogen) atoms. The minimum atomic E-state index is 0.420. The van der Waals surface area contributed by atoms with Gasteiger partial charge in [0.05, 0.1) is 6.21 Å². The Morgan fingerprint density at radius 3 is 2.71 bits per heavy atom. The fourth-order valence-electron chi connectivity index (χ4n) is 1.23. The van der Waals surface area contributed by atoms with Gasteiger partial charge in [-0.15, -0.1) is 0 Å². The first kappa shape index (κ1) is 11.1. The summed E-state index contributed by atoms with van der Waals surface area (Å²) in [6.45, 7) is 0.420. The van der Waals surface area contributed by atoms with Crippen molar-refractivity contribution in [2.45, 2.75) is 0 Å². The molecule has 1 aromatic heterocycles. The van der Waals surface area contributed by atoms with E-state index < -0.39 is 0 Å². The molecule has 2 aromatic rings. The second kappa shape index (κ2) is 6.27. The quantitative estimate of drug-likeness (QED) is 0.630. The van der Waals surface area contributed by atoms with Gasteiger partial charge in [0.25, 0.3) is 0 Å². The number of benzene rings is 1. The highest BCUT2D eigenvalue weighted by Gasteiger charge is 1.88. The van der Waals surface area contributed by atoms with E-state index >= 15 is 0 Å². The van der Waals surface area contributed by atoms with E-state index in [2.05, 4.69) is 15.5 Å². The molecule has 0 saturated heterocycles. The number of hydrogen-bond acceptors (Lipinski definition) is 4. The number of anilines is 1. The molecule has 1 aromatic carbocycles. The second-order valence-corrected chi connectivity index (χ2v) is 3.26. The van der Waals surface area contributed by atoms with Crippen molar-refractivity contribution in [3.63, 3.8) is 0 Å². The molecule has 0 unspecified atom stereocenters. The van der Waals surface area contributed by atoms with Crippen molar-refractivity contribution in [1.82, 2.24) is 4.98 Å². The van der Waals surface area contributed by atoms with E-state index in [1.807, 2.05) is 48.5 Å². The number of hydrazone groups is 1. The summed E-state index contributed by atoms with van der Waals surface area (Å²) >= 11 is 0. The molecule has 0 aliphatic rings. The van der Waals surface area contributed by atoms with E-state index in [1.165, 1.54) is 0 Å². The summed E-state index contributed by atoms with van der Waals surface area (Å²) in [6, 6.07) is 15.2. The number of rotatable bonds is 5. The van der Waals surface area contributed by atoms with Crippen LogP contribution in [0.2, 0.25) is 0 Å². The van der Waals surface area contributed by atoms with Crippen molar-refractivity contribution in [3.8, 4) is 5.75 Å². The lowest BCUT2D eigenvalue weighted by molar-refractivity contribution is 0.380. The SMILES string of the molecule is C(COc1ccccc1)=NNc1ccccn1. The molecule has 0 spiro atoms. The van der Waals surface area contributed by atoms with Crippen LogP contribution in [0.5, 0.6) is 5.75 Å². The lowest BCUT2D eigenvalue weighted by Gasteiger charge is -2.01. The van der Waals surface area contributed by atoms with Crippen LogP contribution in [0, 0.1) is 0 Å². The standard InChI is InChI=1S/C13H13N3O/c1-2-6-12(7-3-1)17-11-10-15-16-13-8-4-5-9-14-13/h1-10H,11H2,(H,14,16). The summed E-state index contributed by atoms with van der Waals surface area (Å²) in [4.78, 5) is 4.07. The molecule has 0 bridgehead atoms. The Labute approximate surface area is 100.0 Å². The molecule has 4 nitrogen and oxygen atoms in total. The Bertz CT molecular complexity index is 457. The molecule has 0 radical (unpaired) electrons. The Hall–Kier alpha value is -2.36. The molecule has 1 heterocycles. The van der Waals surface area contributed by atoms with Crippen molar-refractivity contribution in [2.75, 3.05) is 12.0 Å². The fraction of sp³-hybridized carbons (Fsp3) is 0.0769. The van der Waals surface area contributed by atoms with Crippen LogP contribution in [0.3, 0.4) is 0 Å². The molecule has 0 atom stereocenters. The highest BCUT2D eigenvalue weighted by Crippen LogP contribution is 2.07. The zero-order chi connectivity index (χ0) is 11.8. The van der Waals surface area contributed by atoms with Gasteiger partial charge in [-0.1, -0.05) is 24.3 Å². The molecule has 0 aliphatic carbocycles. The molecule has 0 saturated carbocycles. The molecule has 86 valence electrons. The molecular formula is C13H13N3O. The summed E-state index contributed by atoms with van der Waals surface area (Å²) < 4.78 is 5.43. The van der Waals surface area contributed by atoms with E-state index in [0.29, 0.717) is 12.4 Å². The third kappa shape index (κ3) is 3.95. The minimum Gasteiger partial charge on any atom is -0.488 e. The Kier molecular flexibility index (Phi) is 4.11. The number of nitrogens with one attached hydrogen (secondary N) is 1. The van der Waals surface area contributed by atoms with Crippen molar-refractivity contribution < 1.29 is 4.74 Å². The summed E-state index contributed by atoms with van der Waals surface area (Å²) in [6.07, 6.45) is 3.36. The molecule has 0 fully saturated rings. The monoisotopic (exact) mass is 227 g/mol. The van der Waals surface area contributed by atoms with Crippen molar-refractivity contribution in [2.24, 2.45) is 5.10 Å². The first-order chi connectivity index (χ1) is 8.45. The number of ether oxygens (including phenoxy) is 1. The Morgan fingerprint density at radius 1 is 1.12 bits per heavy atom. The lowest BCUT2D eigenvalue weighted by Crippen LogP contribution is -2.00. The number of aromatic nitrogens is 1. The van der Waals surface area contributed by atoms with Gasteiger partial charge in [-0.2, -0.15) is 5.10 Å². The smallest absolute Gasteiger partial charge is 0.146 e. The van der Waals surface area contributed by atoms with Crippen LogP contribution in [0.4, 0.5) is 5.82 Å². The van der Waals surface area contributed by atoms with E-state index in [0.717, 1.165) is 5.75 Å². The van der Waals surface area contributed by atoms with Gasteiger partial charge in [0.2, 0.25) is 0 Å². The average molecular weight is 227 g/mol. The van der Waals surface area contributed by atoms with Crippen molar-refractivity contribution in [1.29, 1.82) is 0 Å². The summed E-state index contributed by atoms with van der Waals surface area (Å²) in [7, 11) is 0. The second-order valence-electron chi connectivity index (χ2n) is 3.26. The van der Waals surface area contributed by atoms with E-state index in [-0.39, 0.29) is 0 Å². The predicted octanol–water partition coefficient (Wildman–Crippen LogP) is 2.56. The van der Waals surface area contributed by atoms with Gasteiger partial charge >= 0.3 is 0 Å². The van der Waals surface area contributed by atoms with Gasteiger partial charge in [0.1, 0.15) is 18.2 Å². The van der Waals surface area contributed by atoms with Gasteiger partial charge in [-0.3, -0.25) is 5.43 Å². The van der Waals surface area contributed by atoms with Crippen LogP contribution in [-0.2, 0) is 0 Å². The fourth-order valence-corrected chi connectivity index (χ4v) is 1.23. The van der Waals surface area contributed by atoms with E-state index in [1.54, 1.807) is 12.4 Å². The third-order valence-corrected chi connectivity index (χ3v) is 2.00. The first-order valence-electron chi connectivity index (χ1n) is 5.31. The van der Waals surface area contributed by atoms with Crippen LogP contribution in [0.25, 0.3) is 0 Å². The van der Waals surface area contributed by atoms with Crippen LogP contribution >= 0.6 is 0 Å². The van der Waals surface area contributed by atoms with Gasteiger partial charge in [-0.25, -0.2) is 4.98 Å². The Balaban J connectivity index is 1.72. The molecule has 0 aliphatic heterocycles. The molecular weight excluding hydrogens is 214 g/mol. The van der Waals surface area contributed by atoms with Gasteiger partial charge in [0, 0.05) is 6.20 Å². The Morgan fingerprint density at radius 2 is 1.94 bits per heavy atom. The molecule has 0 amide bonds. The zero-order valence-electron chi connectivity index (χ0n) is 9.28. The van der Waals surface area contributed by atoms with Crippen LogP contribution < -0.4 is 10.2 Å². The van der Waals surface area contributed by atoms with Gasteiger partial charge in [-0.05, 0) is 24.3 Å². The predicted molar refractivity (Wildman–Crippen MR) is 68.3 cm³/mol. The molecule has 4 heteroatoms. The van der Waals surface area contributed by atoms with E-state index in [9.17, 15) is 0 Å². The normalized spacial score (nSPS) is 10.4. The van der Waals surface area contributed by atoms with E-state index in [4.69, 9.17) is 4.74 Å². The maximum atomic E-state index is 5.43. The first-order valence-corrected chi connectivity index (χ1v) is 5.31. The third-order valence-electron chi connectivity index (χ3n) is 2.00. The summed E-state index contributed by atoms with van der Waals surface area (Å²) in [5.74, 6) is 1.54. The van der Waals surface area contributed by atoms with Crippen LogP contribution in [0.15, 0.2) is 59.8 Å². The number of pyridine rings is 1. The van der Waals surface area contributed by atoms with Crippen molar-refractivity contribution >= 4 is 12.0 Å².